The van der Waals surface area contributed by atoms with E-state index in [0.717, 1.165) is 62.8 Å². The summed E-state index contributed by atoms with van der Waals surface area (Å²) in [6.45, 7) is 8.97. The molecule has 2 rings (SSSR count). The molecule has 0 unspecified atom stereocenters. The van der Waals surface area contributed by atoms with Gasteiger partial charge in [0.2, 0.25) is 5.91 Å². The van der Waals surface area contributed by atoms with Crippen molar-refractivity contribution in [2.75, 3.05) is 40.4 Å². The SMILES string of the molecule is CCOc1cc(CCCNC(=NC)NC2CCN(C(=O)C(C)C)CC2)ccc1OC.I. The van der Waals surface area contributed by atoms with E-state index in [1.165, 1.54) is 5.56 Å². The molecule has 1 amide bonds. The minimum atomic E-state index is 0. The van der Waals surface area contributed by atoms with Crippen molar-refractivity contribution >= 4 is 35.8 Å². The highest BCUT2D eigenvalue weighted by molar-refractivity contribution is 14.0. The maximum absolute atomic E-state index is 12.1. The van der Waals surface area contributed by atoms with Gasteiger partial charge in [0.25, 0.3) is 0 Å². The Kier molecular flexibility index (Phi) is 12.7. The van der Waals surface area contributed by atoms with Gasteiger partial charge in [-0.15, -0.1) is 24.0 Å². The highest BCUT2D eigenvalue weighted by atomic mass is 127. The number of likely N-dealkylation sites (tertiary alicyclic amines) is 1. The van der Waals surface area contributed by atoms with Gasteiger partial charge in [0.1, 0.15) is 0 Å². The Morgan fingerprint density at radius 1 is 1.26 bits per heavy atom. The lowest BCUT2D eigenvalue weighted by molar-refractivity contribution is -0.135. The van der Waals surface area contributed by atoms with E-state index in [1.807, 2.05) is 31.7 Å². The summed E-state index contributed by atoms with van der Waals surface area (Å²) in [6, 6.07) is 6.45. The molecule has 8 heteroatoms. The zero-order valence-electron chi connectivity index (χ0n) is 19.6. The van der Waals surface area contributed by atoms with Gasteiger partial charge in [-0.3, -0.25) is 9.79 Å². The molecule has 1 aromatic rings. The van der Waals surface area contributed by atoms with Crippen molar-refractivity contribution < 1.29 is 14.3 Å². The minimum Gasteiger partial charge on any atom is -0.493 e. The van der Waals surface area contributed by atoms with Gasteiger partial charge in [-0.2, -0.15) is 0 Å². The van der Waals surface area contributed by atoms with Gasteiger partial charge in [0.05, 0.1) is 13.7 Å². The number of carbonyl (C=O) groups is 1. The lowest BCUT2D eigenvalue weighted by Crippen LogP contribution is -2.50. The Morgan fingerprint density at radius 2 is 1.97 bits per heavy atom. The van der Waals surface area contributed by atoms with Crippen LogP contribution in [0.2, 0.25) is 0 Å². The molecule has 1 heterocycles. The first-order chi connectivity index (χ1) is 14.5. The van der Waals surface area contributed by atoms with E-state index in [4.69, 9.17) is 9.47 Å². The van der Waals surface area contributed by atoms with Crippen LogP contribution in [0.15, 0.2) is 23.2 Å². The Bertz CT molecular complexity index is 704. The van der Waals surface area contributed by atoms with E-state index < -0.39 is 0 Å². The first-order valence-corrected chi connectivity index (χ1v) is 11.0. The van der Waals surface area contributed by atoms with E-state index >= 15 is 0 Å². The lowest BCUT2D eigenvalue weighted by atomic mass is 10.0. The fraction of sp³-hybridized carbons (Fsp3) is 0.652. The molecule has 2 N–H and O–H groups in total. The highest BCUT2D eigenvalue weighted by Crippen LogP contribution is 2.28. The van der Waals surface area contributed by atoms with E-state index in [2.05, 4.69) is 27.8 Å². The van der Waals surface area contributed by atoms with Crippen molar-refractivity contribution in [1.82, 2.24) is 15.5 Å². The van der Waals surface area contributed by atoms with Crippen molar-refractivity contribution in [3.8, 4) is 11.5 Å². The Balaban J connectivity index is 0.00000480. The van der Waals surface area contributed by atoms with Crippen LogP contribution in [0.4, 0.5) is 0 Å². The molecule has 31 heavy (non-hydrogen) atoms. The number of halogens is 1. The molecule has 0 aliphatic carbocycles. The number of guanidine groups is 1. The summed E-state index contributed by atoms with van der Waals surface area (Å²) in [5, 5.41) is 6.90. The third-order valence-corrected chi connectivity index (χ3v) is 5.33. The molecule has 0 radical (unpaired) electrons. The van der Waals surface area contributed by atoms with Gasteiger partial charge in [-0.25, -0.2) is 0 Å². The second-order valence-electron chi connectivity index (χ2n) is 7.92. The number of methoxy groups -OCH3 is 1. The largest absolute Gasteiger partial charge is 0.493 e. The van der Waals surface area contributed by atoms with Crippen molar-refractivity contribution in [1.29, 1.82) is 0 Å². The Labute approximate surface area is 204 Å². The van der Waals surface area contributed by atoms with Crippen molar-refractivity contribution in [3.63, 3.8) is 0 Å². The molecule has 1 aliphatic rings. The molecule has 0 saturated carbocycles. The van der Waals surface area contributed by atoms with Crippen LogP contribution >= 0.6 is 24.0 Å². The first kappa shape index (κ1) is 27.3. The van der Waals surface area contributed by atoms with E-state index in [9.17, 15) is 4.79 Å². The van der Waals surface area contributed by atoms with Crippen LogP contribution in [0.25, 0.3) is 0 Å². The molecule has 1 saturated heterocycles. The molecular formula is C23H39IN4O3. The highest BCUT2D eigenvalue weighted by Gasteiger charge is 2.24. The van der Waals surface area contributed by atoms with Gasteiger partial charge in [0.15, 0.2) is 17.5 Å². The molecule has 0 bridgehead atoms. The number of ether oxygens (including phenoxy) is 2. The average molecular weight is 546 g/mol. The van der Waals surface area contributed by atoms with Crippen molar-refractivity contribution in [2.45, 2.75) is 52.5 Å². The second-order valence-corrected chi connectivity index (χ2v) is 7.92. The van der Waals surface area contributed by atoms with Crippen LogP contribution in [0.5, 0.6) is 11.5 Å². The summed E-state index contributed by atoms with van der Waals surface area (Å²) in [4.78, 5) is 18.4. The van der Waals surface area contributed by atoms with Crippen LogP contribution in [0, 0.1) is 5.92 Å². The fourth-order valence-electron chi connectivity index (χ4n) is 3.64. The van der Waals surface area contributed by atoms with E-state index in [1.54, 1.807) is 14.2 Å². The third-order valence-electron chi connectivity index (χ3n) is 5.33. The Hall–Kier alpha value is -1.71. The van der Waals surface area contributed by atoms with Crippen molar-refractivity contribution in [2.24, 2.45) is 10.9 Å². The van der Waals surface area contributed by atoms with Crippen LogP contribution < -0.4 is 20.1 Å². The van der Waals surface area contributed by atoms with E-state index in [-0.39, 0.29) is 35.8 Å². The third kappa shape index (κ3) is 8.74. The maximum atomic E-state index is 12.1. The number of rotatable bonds is 9. The fourth-order valence-corrected chi connectivity index (χ4v) is 3.64. The van der Waals surface area contributed by atoms with Gasteiger partial charge in [0, 0.05) is 38.6 Å². The zero-order valence-corrected chi connectivity index (χ0v) is 21.9. The molecule has 1 fully saturated rings. The van der Waals surface area contributed by atoms with Crippen LogP contribution in [-0.4, -0.2) is 63.2 Å². The average Bonchev–Trinajstić information content (AvgIpc) is 2.76. The number of hydrogen-bond donors (Lipinski definition) is 2. The van der Waals surface area contributed by atoms with Crippen LogP contribution in [0.3, 0.4) is 0 Å². The maximum Gasteiger partial charge on any atom is 0.225 e. The molecule has 0 spiro atoms. The van der Waals surface area contributed by atoms with Gasteiger partial charge < -0.3 is 25.0 Å². The number of nitrogens with one attached hydrogen (secondary N) is 2. The first-order valence-electron chi connectivity index (χ1n) is 11.0. The normalized spacial score (nSPS) is 14.8. The molecule has 0 aromatic heterocycles. The van der Waals surface area contributed by atoms with Gasteiger partial charge in [-0.1, -0.05) is 19.9 Å². The van der Waals surface area contributed by atoms with E-state index in [0.29, 0.717) is 12.6 Å². The number of aliphatic imine (C=N–C) groups is 1. The predicted octanol–water partition coefficient (Wildman–Crippen LogP) is 3.46. The topological polar surface area (TPSA) is 75.2 Å². The number of hydrogen-bond acceptors (Lipinski definition) is 4. The summed E-state index contributed by atoms with van der Waals surface area (Å²) in [5.74, 6) is 2.71. The van der Waals surface area contributed by atoms with Gasteiger partial charge in [-0.05, 0) is 50.3 Å². The number of aryl methyl sites for hydroxylation is 1. The summed E-state index contributed by atoms with van der Waals surface area (Å²) >= 11 is 0. The van der Waals surface area contributed by atoms with Crippen LogP contribution in [0.1, 0.15) is 45.6 Å². The predicted molar refractivity (Wildman–Crippen MR) is 137 cm³/mol. The minimum absolute atomic E-state index is 0. The summed E-state index contributed by atoms with van der Waals surface area (Å²) in [5.41, 5.74) is 1.23. The van der Waals surface area contributed by atoms with Gasteiger partial charge >= 0.3 is 0 Å². The molecule has 176 valence electrons. The standard InChI is InChI=1S/C23H38N4O3.HI/c1-6-30-21-16-18(9-10-20(21)29-5)8-7-13-25-23(24-4)26-19-11-14-27(15-12-19)22(28)17(2)3;/h9-10,16-17,19H,6-8,11-15H2,1-5H3,(H2,24,25,26);1H. The molecule has 0 atom stereocenters. The monoisotopic (exact) mass is 546 g/mol. The number of carbonyl (C=O) groups excluding carboxylic acids is 1. The molecule has 1 aliphatic heterocycles. The van der Waals surface area contributed by atoms with Crippen LogP contribution in [-0.2, 0) is 11.2 Å². The zero-order chi connectivity index (χ0) is 21.9. The number of amides is 1. The van der Waals surface area contributed by atoms with Crippen molar-refractivity contribution in [3.05, 3.63) is 23.8 Å². The number of benzene rings is 1. The number of nitrogens with zero attached hydrogens (tertiary/aromatic N) is 2. The number of piperidine rings is 1. The summed E-state index contributed by atoms with van der Waals surface area (Å²) in [6.07, 6.45) is 3.83. The molecular weight excluding hydrogens is 507 g/mol. The quantitative estimate of drug-likeness (QED) is 0.215. The summed E-state index contributed by atoms with van der Waals surface area (Å²) in [7, 11) is 3.46. The molecule has 1 aromatic carbocycles. The second kappa shape index (κ2) is 14.4. The Morgan fingerprint density at radius 3 is 2.55 bits per heavy atom. The summed E-state index contributed by atoms with van der Waals surface area (Å²) < 4.78 is 11.0. The molecule has 7 nitrogen and oxygen atoms in total. The lowest BCUT2D eigenvalue weighted by Gasteiger charge is -2.34. The smallest absolute Gasteiger partial charge is 0.225 e.